The van der Waals surface area contributed by atoms with Crippen LogP contribution in [0.3, 0.4) is 0 Å². The average molecular weight is 365 g/mol. The molecule has 1 aliphatic rings. The van der Waals surface area contributed by atoms with Gasteiger partial charge in [0.05, 0.1) is 5.76 Å². The van der Waals surface area contributed by atoms with E-state index in [-0.39, 0.29) is 11.9 Å². The summed E-state index contributed by atoms with van der Waals surface area (Å²) in [4.78, 5) is 18.6. The van der Waals surface area contributed by atoms with Gasteiger partial charge in [0.15, 0.2) is 0 Å². The van der Waals surface area contributed by atoms with Crippen LogP contribution in [0.5, 0.6) is 0 Å². The summed E-state index contributed by atoms with van der Waals surface area (Å²) in [6.45, 7) is 5.20. The highest BCUT2D eigenvalue weighted by Crippen LogP contribution is 2.13. The molecule has 1 unspecified atom stereocenters. The van der Waals surface area contributed by atoms with Crippen LogP contribution in [0.25, 0.3) is 0 Å². The Morgan fingerprint density at radius 2 is 2.07 bits per heavy atom. The topological polar surface area (TPSA) is 54.5 Å². The number of pyridine rings is 1. The Labute approximate surface area is 161 Å². The fraction of sp³-hybridized carbons (Fsp3) is 0.364. The molecular formula is C22H27N3O2. The van der Waals surface area contributed by atoms with E-state index in [1.165, 1.54) is 5.56 Å². The van der Waals surface area contributed by atoms with Crippen molar-refractivity contribution in [3.63, 3.8) is 0 Å². The van der Waals surface area contributed by atoms with Gasteiger partial charge in [-0.05, 0) is 31.1 Å². The fourth-order valence-electron chi connectivity index (χ4n) is 3.20. The molecule has 1 N–H and O–H groups in total. The molecule has 5 nitrogen and oxygen atoms in total. The summed E-state index contributed by atoms with van der Waals surface area (Å²) in [5.41, 5.74) is 2.33. The van der Waals surface area contributed by atoms with Crippen molar-refractivity contribution >= 4 is 5.91 Å². The number of likely N-dealkylation sites (tertiary alicyclic amines) is 1. The summed E-state index contributed by atoms with van der Waals surface area (Å²) in [5.74, 6) is 0.803. The highest BCUT2D eigenvalue weighted by Gasteiger charge is 2.23. The van der Waals surface area contributed by atoms with Gasteiger partial charge in [-0.3, -0.25) is 14.7 Å². The molecule has 1 aromatic carbocycles. The van der Waals surface area contributed by atoms with Crippen molar-refractivity contribution in [1.29, 1.82) is 0 Å². The van der Waals surface area contributed by atoms with Crippen molar-refractivity contribution in [3.8, 4) is 0 Å². The molecule has 2 heterocycles. The number of rotatable bonds is 8. The minimum absolute atomic E-state index is 0.0471. The summed E-state index contributed by atoms with van der Waals surface area (Å²) < 4.78 is 5.66. The number of nitrogens with one attached hydrogen (secondary N) is 1. The Kier molecular flexibility index (Phi) is 6.99. The third-order valence-corrected chi connectivity index (χ3v) is 4.65. The SMILES string of the molecule is C/C(=C\CC(=O)NC1CCN(Cc2ccccc2)C1)OCc1cccnc1. The molecule has 1 atom stereocenters. The van der Waals surface area contributed by atoms with Crippen LogP contribution in [0.15, 0.2) is 66.7 Å². The van der Waals surface area contributed by atoms with Gasteiger partial charge in [0.2, 0.25) is 5.91 Å². The van der Waals surface area contributed by atoms with Crippen molar-refractivity contribution < 1.29 is 9.53 Å². The van der Waals surface area contributed by atoms with Crippen LogP contribution in [-0.4, -0.2) is 34.9 Å². The molecular weight excluding hydrogens is 338 g/mol. The van der Waals surface area contributed by atoms with Gasteiger partial charge in [-0.15, -0.1) is 0 Å². The third-order valence-electron chi connectivity index (χ3n) is 4.65. The first-order valence-corrected chi connectivity index (χ1v) is 9.43. The number of nitrogens with zero attached hydrogens (tertiary/aromatic N) is 2. The Hall–Kier alpha value is -2.66. The molecule has 1 aliphatic heterocycles. The lowest BCUT2D eigenvalue weighted by molar-refractivity contribution is -0.120. The zero-order chi connectivity index (χ0) is 18.9. The molecule has 2 aromatic rings. The molecule has 1 fully saturated rings. The third kappa shape index (κ3) is 6.53. The second-order valence-electron chi connectivity index (χ2n) is 6.94. The summed E-state index contributed by atoms with van der Waals surface area (Å²) in [7, 11) is 0. The standard InChI is InChI=1S/C22H27N3O2/c1-18(27-17-20-8-5-12-23-14-20)9-10-22(26)24-21-11-13-25(16-21)15-19-6-3-2-4-7-19/h2-9,12,14,21H,10-11,13,15-17H2,1H3,(H,24,26)/b18-9+. The van der Waals surface area contributed by atoms with Crippen LogP contribution in [-0.2, 0) is 22.7 Å². The van der Waals surface area contributed by atoms with E-state index >= 15 is 0 Å². The van der Waals surface area contributed by atoms with Gasteiger partial charge < -0.3 is 10.1 Å². The Morgan fingerprint density at radius 1 is 1.26 bits per heavy atom. The lowest BCUT2D eigenvalue weighted by Crippen LogP contribution is -2.36. The number of carbonyl (C=O) groups is 1. The zero-order valence-electron chi connectivity index (χ0n) is 15.8. The van der Waals surface area contributed by atoms with Crippen LogP contribution in [0.4, 0.5) is 0 Å². The van der Waals surface area contributed by atoms with E-state index in [0.29, 0.717) is 13.0 Å². The number of amides is 1. The molecule has 0 spiro atoms. The molecule has 3 rings (SSSR count). The molecule has 0 radical (unpaired) electrons. The van der Waals surface area contributed by atoms with Gasteiger partial charge >= 0.3 is 0 Å². The summed E-state index contributed by atoms with van der Waals surface area (Å²) in [5, 5.41) is 3.13. The van der Waals surface area contributed by atoms with Crippen molar-refractivity contribution in [1.82, 2.24) is 15.2 Å². The number of carbonyl (C=O) groups excluding carboxylic acids is 1. The molecule has 1 saturated heterocycles. The van der Waals surface area contributed by atoms with Crippen molar-refractivity contribution in [2.75, 3.05) is 13.1 Å². The highest BCUT2D eigenvalue weighted by atomic mass is 16.5. The lowest BCUT2D eigenvalue weighted by Gasteiger charge is -2.16. The maximum Gasteiger partial charge on any atom is 0.224 e. The number of benzene rings is 1. The van der Waals surface area contributed by atoms with Crippen LogP contribution < -0.4 is 5.32 Å². The minimum Gasteiger partial charge on any atom is -0.494 e. The van der Waals surface area contributed by atoms with Crippen LogP contribution in [0.2, 0.25) is 0 Å². The normalized spacial score (nSPS) is 17.7. The molecule has 0 saturated carbocycles. The average Bonchev–Trinajstić information content (AvgIpc) is 3.13. The van der Waals surface area contributed by atoms with Gasteiger partial charge in [-0.2, -0.15) is 0 Å². The van der Waals surface area contributed by atoms with Crippen LogP contribution in [0.1, 0.15) is 30.9 Å². The number of hydrogen-bond donors (Lipinski definition) is 1. The summed E-state index contributed by atoms with van der Waals surface area (Å²) in [6, 6.07) is 14.5. The fourth-order valence-corrected chi connectivity index (χ4v) is 3.20. The van der Waals surface area contributed by atoms with Gasteiger partial charge in [-0.1, -0.05) is 36.4 Å². The molecule has 27 heavy (non-hydrogen) atoms. The van der Waals surface area contributed by atoms with E-state index in [1.54, 1.807) is 12.4 Å². The maximum absolute atomic E-state index is 12.2. The second kappa shape index (κ2) is 9.88. The second-order valence-corrected chi connectivity index (χ2v) is 6.94. The van der Waals surface area contributed by atoms with Gasteiger partial charge in [-0.25, -0.2) is 0 Å². The Morgan fingerprint density at radius 3 is 2.85 bits per heavy atom. The van der Waals surface area contributed by atoms with Gasteiger partial charge in [0.25, 0.3) is 0 Å². The number of ether oxygens (including phenoxy) is 1. The predicted molar refractivity (Wildman–Crippen MR) is 106 cm³/mol. The molecule has 0 bridgehead atoms. The van der Waals surface area contributed by atoms with Gasteiger partial charge in [0, 0.05) is 50.1 Å². The minimum atomic E-state index is 0.0471. The van der Waals surface area contributed by atoms with Crippen molar-refractivity contribution in [2.45, 2.75) is 39.0 Å². The van der Waals surface area contributed by atoms with E-state index in [0.717, 1.165) is 37.4 Å². The lowest BCUT2D eigenvalue weighted by atomic mass is 10.2. The summed E-state index contributed by atoms with van der Waals surface area (Å²) >= 11 is 0. The van der Waals surface area contributed by atoms with Crippen LogP contribution >= 0.6 is 0 Å². The zero-order valence-corrected chi connectivity index (χ0v) is 15.8. The first-order chi connectivity index (χ1) is 13.2. The Balaban J connectivity index is 1.36. The Bertz CT molecular complexity index is 747. The number of aromatic nitrogens is 1. The largest absolute Gasteiger partial charge is 0.494 e. The van der Waals surface area contributed by atoms with E-state index in [1.807, 2.05) is 31.2 Å². The first kappa shape index (κ1) is 19.1. The summed E-state index contributed by atoms with van der Waals surface area (Å²) in [6.07, 6.45) is 6.69. The van der Waals surface area contributed by atoms with Gasteiger partial charge in [0.1, 0.15) is 6.61 Å². The number of hydrogen-bond acceptors (Lipinski definition) is 4. The quantitative estimate of drug-likeness (QED) is 0.730. The van der Waals surface area contributed by atoms with Crippen molar-refractivity contribution in [3.05, 3.63) is 77.8 Å². The highest BCUT2D eigenvalue weighted by molar-refractivity contribution is 5.77. The van der Waals surface area contributed by atoms with E-state index in [4.69, 9.17) is 4.74 Å². The van der Waals surface area contributed by atoms with E-state index in [9.17, 15) is 4.79 Å². The molecule has 1 aromatic heterocycles. The van der Waals surface area contributed by atoms with Crippen molar-refractivity contribution in [2.24, 2.45) is 0 Å². The smallest absolute Gasteiger partial charge is 0.224 e. The van der Waals surface area contributed by atoms with Crippen LogP contribution in [0, 0.1) is 0 Å². The molecule has 0 aliphatic carbocycles. The molecule has 5 heteroatoms. The maximum atomic E-state index is 12.2. The predicted octanol–water partition coefficient (Wildman–Crippen LogP) is 3.28. The molecule has 1 amide bonds. The monoisotopic (exact) mass is 365 g/mol. The van der Waals surface area contributed by atoms with E-state index in [2.05, 4.69) is 39.5 Å². The molecule has 142 valence electrons. The number of allylic oxidation sites excluding steroid dienone is 1. The first-order valence-electron chi connectivity index (χ1n) is 9.43. The van der Waals surface area contributed by atoms with E-state index < -0.39 is 0 Å².